The van der Waals surface area contributed by atoms with Crippen LogP contribution in [0.2, 0.25) is 0 Å². The largest absolute Gasteiger partial charge is 0.492 e. The molecule has 3 atom stereocenters. The van der Waals surface area contributed by atoms with Gasteiger partial charge in [-0.3, -0.25) is 34.3 Å². The molecule has 1 N–H and O–H groups in total. The molecule has 5 aromatic rings. The van der Waals surface area contributed by atoms with Gasteiger partial charge in [0.25, 0.3) is 5.91 Å². The number of piperazine rings is 2. The van der Waals surface area contributed by atoms with E-state index in [0.717, 1.165) is 86.9 Å². The first-order valence-corrected chi connectivity index (χ1v) is 24.2. The molecule has 356 valence electrons. The van der Waals surface area contributed by atoms with Gasteiger partial charge in [-0.1, -0.05) is 12.1 Å². The topological polar surface area (TPSA) is 185 Å². The van der Waals surface area contributed by atoms with E-state index < -0.39 is 11.9 Å². The molecule has 7 aliphatic heterocycles. The number of aromatic nitrogens is 4. The second kappa shape index (κ2) is 18.8. The molecule has 0 spiro atoms. The summed E-state index contributed by atoms with van der Waals surface area (Å²) in [5.74, 6) is 1.84. The smallest absolute Gasteiger partial charge is 0.255 e. The van der Waals surface area contributed by atoms with Gasteiger partial charge in [-0.15, -0.1) is 0 Å². The van der Waals surface area contributed by atoms with Crippen molar-refractivity contribution in [1.29, 1.82) is 5.26 Å². The van der Waals surface area contributed by atoms with E-state index in [1.807, 2.05) is 53.8 Å². The zero-order valence-electron chi connectivity index (χ0n) is 38.8. The van der Waals surface area contributed by atoms with Gasteiger partial charge in [0.05, 0.1) is 37.2 Å². The standard InChI is InChI=1S/C51H56N12O6/c1-68-47-9-2-34(24-54-47)27-61-39-20-40(61)30-60(29-39)45-7-4-35(25-53-45)42-22-41(31-63-49(42)37(23-52)26-55-63)69-32-33-10-14-59(15-11-33)48(65)12-13-57-16-18-58(19-17-57)38-5-3-36-28-62(51(67)43(36)21-38)44-6-8-46(64)56-50(44)66/h2-5,7,9,21-22,24-26,31,33,39-40,44H,6,8,10-20,27-30,32H2,1H3,(H,56,64,66)/t39-,40+,44?. The van der Waals surface area contributed by atoms with Crippen LogP contribution in [0.3, 0.4) is 0 Å². The van der Waals surface area contributed by atoms with Crippen LogP contribution in [-0.4, -0.2) is 154 Å². The maximum atomic E-state index is 13.4. The maximum Gasteiger partial charge on any atom is 0.255 e. The molecule has 18 heteroatoms. The lowest BCUT2D eigenvalue weighted by Gasteiger charge is -2.56. The van der Waals surface area contributed by atoms with Gasteiger partial charge in [0.1, 0.15) is 23.7 Å². The van der Waals surface area contributed by atoms with Gasteiger partial charge in [-0.2, -0.15) is 10.4 Å². The van der Waals surface area contributed by atoms with E-state index in [1.54, 1.807) is 22.7 Å². The van der Waals surface area contributed by atoms with Gasteiger partial charge in [0, 0.05) is 138 Å². The number of piperidine rings is 3. The fourth-order valence-electron chi connectivity index (χ4n) is 11.1. The number of anilines is 2. The number of nitriles is 1. The Morgan fingerprint density at radius 2 is 1.71 bits per heavy atom. The summed E-state index contributed by atoms with van der Waals surface area (Å²) >= 11 is 0. The highest BCUT2D eigenvalue weighted by Crippen LogP contribution is 2.37. The number of nitrogens with zero attached hydrogens (tertiary/aromatic N) is 11. The number of pyridine rings is 3. The molecule has 11 heterocycles. The summed E-state index contributed by atoms with van der Waals surface area (Å²) in [6.45, 7) is 8.87. The van der Waals surface area contributed by atoms with Crippen molar-refractivity contribution in [1.82, 2.24) is 44.5 Å². The van der Waals surface area contributed by atoms with E-state index in [-0.39, 0.29) is 24.1 Å². The van der Waals surface area contributed by atoms with Crippen LogP contribution < -0.4 is 24.6 Å². The third-order valence-corrected chi connectivity index (χ3v) is 15.2. The first kappa shape index (κ1) is 44.4. The summed E-state index contributed by atoms with van der Waals surface area (Å²) in [4.78, 5) is 73.3. The Morgan fingerprint density at radius 1 is 0.884 bits per heavy atom. The van der Waals surface area contributed by atoms with Crippen molar-refractivity contribution >= 4 is 40.7 Å². The molecule has 18 nitrogen and oxygen atoms in total. The van der Waals surface area contributed by atoms with Gasteiger partial charge in [-0.25, -0.2) is 14.5 Å². The minimum Gasteiger partial charge on any atom is -0.492 e. The molecule has 1 aromatic carbocycles. The average Bonchev–Trinajstić information content (AvgIpc) is 3.96. The second-order valence-corrected chi connectivity index (χ2v) is 19.2. The van der Waals surface area contributed by atoms with Crippen LogP contribution in [-0.2, 0) is 27.5 Å². The van der Waals surface area contributed by atoms with E-state index in [2.05, 4.69) is 59.3 Å². The molecule has 6 fully saturated rings. The Bertz CT molecular complexity index is 2800. The molecule has 0 saturated carbocycles. The summed E-state index contributed by atoms with van der Waals surface area (Å²) in [5, 5.41) is 16.8. The quantitative estimate of drug-likeness (QED) is 0.169. The van der Waals surface area contributed by atoms with Gasteiger partial charge >= 0.3 is 0 Å². The fraction of sp³-hybridized carbons (Fsp3) is 0.451. The van der Waals surface area contributed by atoms with Gasteiger partial charge < -0.3 is 29.1 Å². The van der Waals surface area contributed by atoms with Crippen LogP contribution >= 0.6 is 0 Å². The number of methoxy groups -OCH3 is 1. The lowest BCUT2D eigenvalue weighted by Crippen LogP contribution is -2.68. The Morgan fingerprint density at radius 3 is 2.43 bits per heavy atom. The van der Waals surface area contributed by atoms with Crippen LogP contribution in [0.15, 0.2) is 73.3 Å². The van der Waals surface area contributed by atoms with Gasteiger partial charge in [0.2, 0.25) is 23.6 Å². The number of hydrogen-bond acceptors (Lipinski definition) is 14. The van der Waals surface area contributed by atoms with E-state index in [4.69, 9.17) is 14.5 Å². The third-order valence-electron chi connectivity index (χ3n) is 15.2. The number of fused-ring (bicyclic) bond motifs is 4. The lowest BCUT2D eigenvalue weighted by atomic mass is 9.87. The highest BCUT2D eigenvalue weighted by molar-refractivity contribution is 6.05. The van der Waals surface area contributed by atoms with Crippen molar-refractivity contribution in [3.05, 3.63) is 95.6 Å². The molecule has 7 aliphatic rings. The molecular formula is C51H56N12O6. The maximum absolute atomic E-state index is 13.4. The molecule has 4 aromatic heterocycles. The molecule has 0 radical (unpaired) electrons. The lowest BCUT2D eigenvalue weighted by molar-refractivity contribution is -0.137. The number of ether oxygens (including phenoxy) is 2. The zero-order chi connectivity index (χ0) is 47.2. The Balaban J connectivity index is 0.638. The van der Waals surface area contributed by atoms with Crippen molar-refractivity contribution in [2.75, 3.05) is 82.4 Å². The number of amides is 4. The molecule has 69 heavy (non-hydrogen) atoms. The normalized spacial score (nSPS) is 22.1. The van der Waals surface area contributed by atoms with Crippen LogP contribution in [0.4, 0.5) is 11.5 Å². The van der Waals surface area contributed by atoms with E-state index >= 15 is 0 Å². The first-order chi connectivity index (χ1) is 33.7. The van der Waals surface area contributed by atoms with Crippen LogP contribution in [0.25, 0.3) is 16.6 Å². The predicted molar refractivity (Wildman–Crippen MR) is 254 cm³/mol. The SMILES string of the molecule is COc1ccc(CN2[C@@H]3C[C@H]2CN(c2ccc(-c4cc(OCC5CCN(C(=O)CCN6CCN(c7ccc8c(c7)C(=O)N(C7CCC(=O)NC7=O)C8)CC6)CC5)cn5ncc(C#N)c45)cn2)C3)cn1. The zero-order valence-corrected chi connectivity index (χ0v) is 38.8. The van der Waals surface area contributed by atoms with Crippen LogP contribution in [0.1, 0.15) is 65.6 Å². The number of hydrogen-bond donors (Lipinski definition) is 1. The van der Waals surface area contributed by atoms with Crippen molar-refractivity contribution < 1.29 is 28.7 Å². The van der Waals surface area contributed by atoms with Crippen LogP contribution in [0, 0.1) is 17.2 Å². The highest BCUT2D eigenvalue weighted by Gasteiger charge is 2.45. The highest BCUT2D eigenvalue weighted by atomic mass is 16.5. The van der Waals surface area contributed by atoms with E-state index in [0.29, 0.717) is 91.9 Å². The Labute approximate surface area is 400 Å². The monoisotopic (exact) mass is 932 g/mol. The third kappa shape index (κ3) is 8.92. The molecule has 4 amide bonds. The number of likely N-dealkylation sites (tertiary alicyclic amines) is 1. The number of benzene rings is 1. The molecule has 12 rings (SSSR count). The molecular weight excluding hydrogens is 877 g/mol. The van der Waals surface area contributed by atoms with Crippen molar-refractivity contribution in [3.8, 4) is 28.8 Å². The molecule has 6 saturated heterocycles. The average molecular weight is 933 g/mol. The first-order valence-electron chi connectivity index (χ1n) is 24.2. The minimum absolute atomic E-state index is 0.166. The summed E-state index contributed by atoms with van der Waals surface area (Å²) in [7, 11) is 1.63. The Kier molecular flexibility index (Phi) is 12.1. The number of nitrogens with one attached hydrogen (secondary N) is 1. The summed E-state index contributed by atoms with van der Waals surface area (Å²) in [6.07, 6.45) is 11.1. The Hall–Kier alpha value is -7.10. The van der Waals surface area contributed by atoms with Gasteiger partial charge in [0.15, 0.2) is 0 Å². The molecule has 1 unspecified atom stereocenters. The van der Waals surface area contributed by atoms with Crippen molar-refractivity contribution in [2.24, 2.45) is 5.92 Å². The van der Waals surface area contributed by atoms with Crippen molar-refractivity contribution in [3.63, 3.8) is 0 Å². The van der Waals surface area contributed by atoms with E-state index in [1.165, 1.54) is 12.0 Å². The number of carbonyl (C=O) groups excluding carboxylic acids is 4. The van der Waals surface area contributed by atoms with Crippen LogP contribution in [0.5, 0.6) is 11.6 Å². The van der Waals surface area contributed by atoms with Gasteiger partial charge in [-0.05, 0) is 73.1 Å². The predicted octanol–water partition coefficient (Wildman–Crippen LogP) is 3.73. The van der Waals surface area contributed by atoms with Crippen molar-refractivity contribution in [2.45, 2.75) is 69.7 Å². The number of carbonyl (C=O) groups is 4. The summed E-state index contributed by atoms with van der Waals surface area (Å²) < 4.78 is 13.4. The van der Waals surface area contributed by atoms with E-state index in [9.17, 15) is 24.4 Å². The molecule has 0 aliphatic carbocycles. The number of rotatable bonds is 13. The minimum atomic E-state index is -0.628. The number of imide groups is 1. The summed E-state index contributed by atoms with van der Waals surface area (Å²) in [5.41, 5.74) is 6.60. The second-order valence-electron chi connectivity index (χ2n) is 19.2. The summed E-state index contributed by atoms with van der Waals surface area (Å²) in [6, 6.07) is 18.7. The fourth-order valence-corrected chi connectivity index (χ4v) is 11.1. The molecule has 2 bridgehead atoms.